The van der Waals surface area contributed by atoms with Crippen LogP contribution in [-0.2, 0) is 6.18 Å². The van der Waals surface area contributed by atoms with Crippen LogP contribution in [0.4, 0.5) is 27.6 Å². The minimum absolute atomic E-state index is 0.0329. The van der Waals surface area contributed by atoms with E-state index in [1.165, 1.54) is 24.3 Å². The Hall–Kier alpha value is -2.80. The highest BCUT2D eigenvalue weighted by Crippen LogP contribution is 2.35. The molecule has 0 N–H and O–H groups in total. The van der Waals surface area contributed by atoms with Gasteiger partial charge in [-0.2, -0.15) is 13.2 Å². The minimum atomic E-state index is -4.86. The van der Waals surface area contributed by atoms with Crippen molar-refractivity contribution < 1.29 is 26.7 Å². The molecule has 0 aromatic heterocycles. The molecule has 0 unspecified atom stereocenters. The maximum absolute atomic E-state index is 13.6. The van der Waals surface area contributed by atoms with Crippen molar-refractivity contribution in [1.82, 2.24) is 0 Å². The second-order valence-corrected chi connectivity index (χ2v) is 4.05. The summed E-state index contributed by atoms with van der Waals surface area (Å²) in [6, 6.07) is 5.42. The zero-order chi connectivity index (χ0) is 16.3. The van der Waals surface area contributed by atoms with Gasteiger partial charge >= 0.3 is 6.18 Å². The van der Waals surface area contributed by atoms with Crippen LogP contribution in [0.3, 0.4) is 0 Å². The van der Waals surface area contributed by atoms with E-state index in [9.17, 15) is 22.0 Å². The largest absolute Gasteiger partial charge is 0.451 e. The highest BCUT2D eigenvalue weighted by Gasteiger charge is 2.33. The smallest absolute Gasteiger partial charge is 0.416 e. The van der Waals surface area contributed by atoms with E-state index >= 15 is 0 Å². The summed E-state index contributed by atoms with van der Waals surface area (Å²) < 4.78 is 69.3. The molecule has 2 aromatic rings. The Morgan fingerprint density at radius 1 is 1.00 bits per heavy atom. The molecule has 0 aliphatic heterocycles. The average molecular weight is 315 g/mol. The molecule has 0 bridgehead atoms. The van der Waals surface area contributed by atoms with Crippen molar-refractivity contribution in [1.29, 1.82) is 0 Å². The van der Waals surface area contributed by atoms with E-state index in [-0.39, 0.29) is 23.6 Å². The van der Waals surface area contributed by atoms with Gasteiger partial charge < -0.3 is 4.74 Å². The fourth-order valence-corrected chi connectivity index (χ4v) is 1.57. The van der Waals surface area contributed by atoms with Gasteiger partial charge in [0.05, 0.1) is 5.56 Å². The Kier molecular flexibility index (Phi) is 4.18. The quantitative estimate of drug-likeness (QED) is 0.309. The molecule has 22 heavy (non-hydrogen) atoms. The Bertz CT molecular complexity index is 713. The Morgan fingerprint density at radius 3 is 2.00 bits per heavy atom. The van der Waals surface area contributed by atoms with Crippen LogP contribution in [0.5, 0.6) is 11.5 Å². The molecule has 2 rings (SSSR count). The normalized spacial score (nSPS) is 11.0. The van der Waals surface area contributed by atoms with Crippen LogP contribution in [0, 0.1) is 11.6 Å². The highest BCUT2D eigenvalue weighted by atomic mass is 19.4. The molecule has 0 saturated heterocycles. The second kappa shape index (κ2) is 5.90. The SMILES string of the molecule is [N-]=[N+]=Nc1ccc(Oc2c(F)cc(C(F)(F)F)cc2F)cc1. The van der Waals surface area contributed by atoms with Crippen molar-refractivity contribution in [3.05, 3.63) is 64.0 Å². The predicted octanol–water partition coefficient (Wildman–Crippen LogP) is 5.72. The van der Waals surface area contributed by atoms with Gasteiger partial charge in [-0.15, -0.1) is 0 Å². The van der Waals surface area contributed by atoms with Gasteiger partial charge in [0.1, 0.15) is 5.75 Å². The van der Waals surface area contributed by atoms with Crippen molar-refractivity contribution in [2.24, 2.45) is 5.11 Å². The molecule has 0 radical (unpaired) electrons. The zero-order valence-electron chi connectivity index (χ0n) is 10.6. The lowest BCUT2D eigenvalue weighted by atomic mass is 10.2. The molecular formula is C13H6F5N3O. The molecule has 9 heteroatoms. The van der Waals surface area contributed by atoms with Crippen LogP contribution in [0.1, 0.15) is 5.56 Å². The minimum Gasteiger partial charge on any atom is -0.451 e. The second-order valence-electron chi connectivity index (χ2n) is 4.05. The van der Waals surface area contributed by atoms with Crippen LogP contribution < -0.4 is 4.74 Å². The van der Waals surface area contributed by atoms with E-state index in [1.54, 1.807) is 0 Å². The molecule has 0 heterocycles. The van der Waals surface area contributed by atoms with E-state index in [4.69, 9.17) is 10.3 Å². The fourth-order valence-electron chi connectivity index (χ4n) is 1.57. The van der Waals surface area contributed by atoms with Crippen LogP contribution in [-0.4, -0.2) is 0 Å². The number of ether oxygens (including phenoxy) is 1. The number of azide groups is 1. The maximum atomic E-state index is 13.6. The number of hydrogen-bond acceptors (Lipinski definition) is 2. The molecule has 0 fully saturated rings. The number of nitrogens with zero attached hydrogens (tertiary/aromatic N) is 3. The first-order valence-corrected chi connectivity index (χ1v) is 5.70. The number of halogens is 5. The van der Waals surface area contributed by atoms with Gasteiger partial charge in [0.15, 0.2) is 17.4 Å². The molecule has 0 spiro atoms. The molecular weight excluding hydrogens is 309 g/mol. The molecule has 0 amide bonds. The topological polar surface area (TPSA) is 58.0 Å². The van der Waals surface area contributed by atoms with E-state index in [1.807, 2.05) is 0 Å². The lowest BCUT2D eigenvalue weighted by Crippen LogP contribution is -2.07. The maximum Gasteiger partial charge on any atom is 0.416 e. The molecule has 0 atom stereocenters. The molecule has 114 valence electrons. The fraction of sp³-hybridized carbons (Fsp3) is 0.0769. The zero-order valence-corrected chi connectivity index (χ0v) is 10.6. The van der Waals surface area contributed by atoms with Crippen LogP contribution >= 0.6 is 0 Å². The van der Waals surface area contributed by atoms with Crippen molar-refractivity contribution in [2.45, 2.75) is 6.18 Å². The summed E-state index contributed by atoms with van der Waals surface area (Å²) in [5.74, 6) is -3.95. The molecule has 4 nitrogen and oxygen atoms in total. The number of alkyl halides is 3. The lowest BCUT2D eigenvalue weighted by molar-refractivity contribution is -0.138. The van der Waals surface area contributed by atoms with Gasteiger partial charge in [-0.1, -0.05) is 5.11 Å². The summed E-state index contributed by atoms with van der Waals surface area (Å²) in [6.45, 7) is 0. The number of benzene rings is 2. The van der Waals surface area contributed by atoms with E-state index in [2.05, 4.69) is 10.0 Å². The van der Waals surface area contributed by atoms with Gasteiger partial charge in [0.25, 0.3) is 0 Å². The van der Waals surface area contributed by atoms with Gasteiger partial charge in [-0.3, -0.25) is 0 Å². The summed E-state index contributed by atoms with van der Waals surface area (Å²) in [5.41, 5.74) is 7.01. The third kappa shape index (κ3) is 3.44. The summed E-state index contributed by atoms with van der Waals surface area (Å²) in [5, 5.41) is 3.28. The van der Waals surface area contributed by atoms with Crippen molar-refractivity contribution in [3.63, 3.8) is 0 Å². The van der Waals surface area contributed by atoms with Gasteiger partial charge in [0, 0.05) is 10.6 Å². The summed E-state index contributed by atoms with van der Waals surface area (Å²) in [7, 11) is 0. The summed E-state index contributed by atoms with van der Waals surface area (Å²) in [4.78, 5) is 2.54. The van der Waals surface area contributed by atoms with E-state index in [0.717, 1.165) is 0 Å². The van der Waals surface area contributed by atoms with E-state index < -0.39 is 29.1 Å². The lowest BCUT2D eigenvalue weighted by Gasteiger charge is -2.11. The monoisotopic (exact) mass is 315 g/mol. The van der Waals surface area contributed by atoms with E-state index in [0.29, 0.717) is 0 Å². The van der Waals surface area contributed by atoms with Gasteiger partial charge in [0.2, 0.25) is 0 Å². The number of rotatable bonds is 3. The third-order valence-electron chi connectivity index (χ3n) is 2.54. The molecule has 2 aromatic carbocycles. The van der Waals surface area contributed by atoms with Crippen LogP contribution in [0.2, 0.25) is 0 Å². The van der Waals surface area contributed by atoms with Gasteiger partial charge in [-0.25, -0.2) is 8.78 Å². The Morgan fingerprint density at radius 2 is 1.55 bits per heavy atom. The highest BCUT2D eigenvalue weighted by molar-refractivity contribution is 5.43. The van der Waals surface area contributed by atoms with Crippen LogP contribution in [0.15, 0.2) is 41.5 Å². The molecule has 0 saturated carbocycles. The first kappa shape index (κ1) is 15.6. The van der Waals surface area contributed by atoms with Crippen molar-refractivity contribution in [3.8, 4) is 11.5 Å². The van der Waals surface area contributed by atoms with Gasteiger partial charge in [-0.05, 0) is 41.9 Å². The predicted molar refractivity (Wildman–Crippen MR) is 66.7 cm³/mol. The number of hydrogen-bond donors (Lipinski definition) is 0. The Balaban J connectivity index is 2.31. The Labute approximate surface area is 120 Å². The average Bonchev–Trinajstić information content (AvgIpc) is 2.43. The first-order valence-electron chi connectivity index (χ1n) is 5.70. The third-order valence-corrected chi connectivity index (χ3v) is 2.54. The summed E-state index contributed by atoms with van der Waals surface area (Å²) in [6.07, 6.45) is -4.86. The summed E-state index contributed by atoms with van der Waals surface area (Å²) >= 11 is 0. The van der Waals surface area contributed by atoms with Crippen molar-refractivity contribution >= 4 is 5.69 Å². The standard InChI is InChI=1S/C13H6F5N3O/c14-10-5-7(13(16,17)18)6-11(15)12(10)22-9-3-1-8(2-4-9)20-21-19/h1-6H. The van der Waals surface area contributed by atoms with Crippen molar-refractivity contribution in [2.75, 3.05) is 0 Å². The first-order chi connectivity index (χ1) is 10.3. The molecule has 0 aliphatic carbocycles. The molecule has 0 aliphatic rings. The van der Waals surface area contributed by atoms with Crippen LogP contribution in [0.25, 0.3) is 10.4 Å².